The molecule has 3 rings (SSSR count). The Bertz CT molecular complexity index is 748. The minimum absolute atomic E-state index is 0.0303. The number of nitrogens with zero attached hydrogens (tertiary/aromatic N) is 2. The first-order valence-corrected chi connectivity index (χ1v) is 10.6. The van der Waals surface area contributed by atoms with Crippen LogP contribution in [0, 0.1) is 5.92 Å². The molecule has 2 aliphatic rings. The molecule has 1 unspecified atom stereocenters. The number of halogens is 3. The van der Waals surface area contributed by atoms with Gasteiger partial charge < -0.3 is 9.64 Å². The topological polar surface area (TPSA) is 82.1 Å². The summed E-state index contributed by atoms with van der Waals surface area (Å²) in [5.41, 5.74) is -0.302. The normalized spacial score (nSPS) is 19.9. The van der Waals surface area contributed by atoms with E-state index >= 15 is 0 Å². The molecule has 2 fully saturated rings. The second-order valence-corrected chi connectivity index (χ2v) is 8.06. The molecular weight excluding hydrogens is 411 g/mol. The monoisotopic (exact) mass is 435 g/mol. The van der Waals surface area contributed by atoms with Gasteiger partial charge in [-0.2, -0.15) is 0 Å². The molecule has 7 nitrogen and oxygen atoms in total. The molecule has 0 spiro atoms. The zero-order chi connectivity index (χ0) is 21.0. The second kappa shape index (κ2) is 9.31. The molecule has 29 heavy (non-hydrogen) atoms. The van der Waals surface area contributed by atoms with Crippen molar-refractivity contribution < 1.29 is 31.5 Å². The number of ether oxygens (including phenoxy) is 1. The predicted molar refractivity (Wildman–Crippen MR) is 102 cm³/mol. The van der Waals surface area contributed by atoms with Crippen molar-refractivity contribution in [2.75, 3.05) is 37.4 Å². The van der Waals surface area contributed by atoms with Crippen molar-refractivity contribution in [3.05, 3.63) is 23.8 Å². The van der Waals surface area contributed by atoms with Crippen molar-refractivity contribution in [3.63, 3.8) is 0 Å². The average Bonchev–Trinajstić information content (AvgIpc) is 3.15. The molecule has 1 atom stereocenters. The number of rotatable bonds is 6. The Kier molecular flexibility index (Phi) is 7.01. The van der Waals surface area contributed by atoms with E-state index in [4.69, 9.17) is 4.55 Å². The molecule has 1 aromatic carbocycles. The fourth-order valence-corrected chi connectivity index (χ4v) is 4.27. The fraction of sp³-hybridized carbons (Fsp3) is 0.611. The molecule has 1 aromatic rings. The van der Waals surface area contributed by atoms with Gasteiger partial charge in [0.25, 0.3) is 17.2 Å². The minimum atomic E-state index is -5.00. The van der Waals surface area contributed by atoms with Crippen molar-refractivity contribution >= 4 is 22.9 Å². The number of carbonyl (C=O) groups excluding carboxylic acids is 1. The number of nitrogens with one attached hydrogen (secondary N) is 1. The van der Waals surface area contributed by atoms with Gasteiger partial charge >= 0.3 is 6.36 Å². The maximum absolute atomic E-state index is 12.7. The van der Waals surface area contributed by atoms with Gasteiger partial charge in [0, 0.05) is 38.3 Å². The third-order valence-electron chi connectivity index (χ3n) is 5.30. The van der Waals surface area contributed by atoms with E-state index in [0.717, 1.165) is 37.7 Å². The molecular formula is C18H24F3N3O4S. The quantitative estimate of drug-likeness (QED) is 0.671. The Morgan fingerprint density at radius 3 is 2.45 bits per heavy atom. The summed E-state index contributed by atoms with van der Waals surface area (Å²) >= 11 is -2.58. The molecule has 1 saturated carbocycles. The van der Waals surface area contributed by atoms with E-state index in [0.29, 0.717) is 13.1 Å². The highest BCUT2D eigenvalue weighted by atomic mass is 32.2. The Labute approximate surface area is 169 Å². The zero-order valence-corrected chi connectivity index (χ0v) is 16.6. The smallest absolute Gasteiger partial charge is 0.404 e. The summed E-state index contributed by atoms with van der Waals surface area (Å²) < 4.78 is 63.6. The van der Waals surface area contributed by atoms with Crippen LogP contribution in [0.1, 0.15) is 36.0 Å². The lowest BCUT2D eigenvalue weighted by Gasteiger charge is -2.36. The molecule has 1 saturated heterocycles. The number of carbonyl (C=O) groups is 1. The lowest BCUT2D eigenvalue weighted by molar-refractivity contribution is -0.274. The highest BCUT2D eigenvalue weighted by Crippen LogP contribution is 2.32. The van der Waals surface area contributed by atoms with Crippen LogP contribution in [0.4, 0.5) is 18.9 Å². The van der Waals surface area contributed by atoms with Gasteiger partial charge in [0.15, 0.2) is 5.75 Å². The van der Waals surface area contributed by atoms with E-state index < -0.39 is 29.3 Å². The van der Waals surface area contributed by atoms with Gasteiger partial charge in [-0.1, -0.05) is 12.8 Å². The van der Waals surface area contributed by atoms with Crippen molar-refractivity contribution in [2.45, 2.75) is 32.0 Å². The number of amides is 1. The van der Waals surface area contributed by atoms with E-state index in [9.17, 15) is 22.2 Å². The van der Waals surface area contributed by atoms with E-state index in [1.165, 1.54) is 31.7 Å². The number of benzene rings is 1. The molecule has 0 aromatic heterocycles. The minimum Gasteiger partial charge on any atom is -0.404 e. The third kappa shape index (κ3) is 6.31. The molecule has 0 radical (unpaired) electrons. The molecule has 2 N–H and O–H groups in total. The molecule has 1 heterocycles. The highest BCUT2D eigenvalue weighted by molar-refractivity contribution is 7.80. The molecule has 162 valence electrons. The average molecular weight is 435 g/mol. The van der Waals surface area contributed by atoms with Crippen molar-refractivity contribution in [2.24, 2.45) is 5.92 Å². The highest BCUT2D eigenvalue weighted by Gasteiger charge is 2.33. The first-order chi connectivity index (χ1) is 13.7. The van der Waals surface area contributed by atoms with Gasteiger partial charge in [0.05, 0.1) is 5.69 Å². The summed E-state index contributed by atoms with van der Waals surface area (Å²) in [6.07, 6.45) is 0.0571. The van der Waals surface area contributed by atoms with E-state index in [1.54, 1.807) is 4.90 Å². The number of piperazine rings is 1. The lowest BCUT2D eigenvalue weighted by Crippen LogP contribution is -2.49. The van der Waals surface area contributed by atoms with E-state index in [1.807, 2.05) is 4.72 Å². The number of hydrogen-bond acceptors (Lipinski definition) is 4. The summed E-state index contributed by atoms with van der Waals surface area (Å²) in [6.45, 7) is 3.50. The number of anilines is 1. The molecule has 0 bridgehead atoms. The van der Waals surface area contributed by atoms with Crippen LogP contribution in [0.25, 0.3) is 0 Å². The summed E-state index contributed by atoms with van der Waals surface area (Å²) in [6, 6.07) is 3.38. The number of hydrogen-bond donors (Lipinski definition) is 2. The summed E-state index contributed by atoms with van der Waals surface area (Å²) in [5.74, 6) is -0.406. The van der Waals surface area contributed by atoms with Crippen LogP contribution in [-0.2, 0) is 11.3 Å². The van der Waals surface area contributed by atoms with Gasteiger partial charge in [0.1, 0.15) is 0 Å². The maximum atomic E-state index is 12.7. The van der Waals surface area contributed by atoms with E-state index in [2.05, 4.69) is 9.64 Å². The van der Waals surface area contributed by atoms with Crippen LogP contribution in [0.3, 0.4) is 0 Å². The standard InChI is InChI=1S/C18H24F3N3O4S/c19-18(20,21)28-16-11-14(5-6-15(16)22-29(26)27)17(25)24-9-7-23(8-10-24)12-13-3-1-2-4-13/h5-6,11,13,22H,1-4,7-10,12H2,(H,26,27). The van der Waals surface area contributed by atoms with Crippen LogP contribution >= 0.6 is 0 Å². The maximum Gasteiger partial charge on any atom is 0.573 e. The molecule has 1 aliphatic carbocycles. The molecule has 1 aliphatic heterocycles. The first-order valence-electron chi connectivity index (χ1n) is 9.50. The SMILES string of the molecule is O=C(c1ccc(NS(=O)O)c(OC(F)(F)F)c1)N1CCN(CC2CCCC2)CC1. The van der Waals surface area contributed by atoms with Crippen molar-refractivity contribution in [1.29, 1.82) is 0 Å². The van der Waals surface area contributed by atoms with Crippen LogP contribution in [0.2, 0.25) is 0 Å². The largest absolute Gasteiger partial charge is 0.573 e. The second-order valence-electron chi connectivity index (χ2n) is 7.35. The number of alkyl halides is 3. The first kappa shape index (κ1) is 21.8. The Morgan fingerprint density at radius 2 is 1.86 bits per heavy atom. The van der Waals surface area contributed by atoms with Crippen LogP contribution < -0.4 is 9.46 Å². The van der Waals surface area contributed by atoms with Crippen LogP contribution in [-0.4, -0.2) is 63.6 Å². The Morgan fingerprint density at radius 1 is 1.21 bits per heavy atom. The van der Waals surface area contributed by atoms with Gasteiger partial charge in [-0.3, -0.25) is 19.0 Å². The fourth-order valence-electron chi connectivity index (χ4n) is 3.92. The lowest BCUT2D eigenvalue weighted by atomic mass is 10.1. The van der Waals surface area contributed by atoms with Crippen LogP contribution in [0.5, 0.6) is 5.75 Å². The van der Waals surface area contributed by atoms with Gasteiger partial charge in [-0.05, 0) is 37.0 Å². The summed E-state index contributed by atoms with van der Waals surface area (Å²) in [4.78, 5) is 16.7. The van der Waals surface area contributed by atoms with Gasteiger partial charge in [-0.25, -0.2) is 4.21 Å². The van der Waals surface area contributed by atoms with Gasteiger partial charge in [0.2, 0.25) is 0 Å². The van der Waals surface area contributed by atoms with Crippen molar-refractivity contribution in [1.82, 2.24) is 9.80 Å². The van der Waals surface area contributed by atoms with Crippen molar-refractivity contribution in [3.8, 4) is 5.75 Å². The summed E-state index contributed by atoms with van der Waals surface area (Å²) in [5, 5.41) is 0. The van der Waals surface area contributed by atoms with Gasteiger partial charge in [-0.15, -0.1) is 13.2 Å². The third-order valence-corrected chi connectivity index (χ3v) is 5.70. The van der Waals surface area contributed by atoms with E-state index in [-0.39, 0.29) is 11.3 Å². The Hall–Kier alpha value is -1.85. The molecule has 11 heteroatoms. The Balaban J connectivity index is 1.65. The summed E-state index contributed by atoms with van der Waals surface area (Å²) in [7, 11) is 0. The molecule has 1 amide bonds. The predicted octanol–water partition coefficient (Wildman–Crippen LogP) is 3.08. The van der Waals surface area contributed by atoms with Crippen LogP contribution in [0.15, 0.2) is 18.2 Å². The zero-order valence-electron chi connectivity index (χ0n) is 15.8.